The summed E-state index contributed by atoms with van der Waals surface area (Å²) in [5, 5.41) is 14.0. The molecule has 0 aliphatic heterocycles. The van der Waals surface area contributed by atoms with Gasteiger partial charge in [0.2, 0.25) is 10.0 Å². The van der Waals surface area contributed by atoms with Crippen molar-refractivity contribution in [2.45, 2.75) is 24.8 Å². The molecule has 6 heteroatoms. The molecule has 0 aliphatic carbocycles. The van der Waals surface area contributed by atoms with E-state index in [0.29, 0.717) is 6.54 Å². The smallest absolute Gasteiger partial charge is 0.238 e. The number of rotatable bonds is 5. The molecule has 0 saturated heterocycles. The summed E-state index contributed by atoms with van der Waals surface area (Å²) in [6.07, 6.45) is 0. The molecular formula is C11H18N2O3S. The summed E-state index contributed by atoms with van der Waals surface area (Å²) in [5.41, 5.74) is 0.862. The molecule has 0 fully saturated rings. The molecule has 0 bridgehead atoms. The Kier molecular flexibility index (Phi) is 4.50. The standard InChI is InChI=1S/C11H18N2O3S/c1-9(2)13(7-8-14)10-3-5-11(6-4-10)17(12,15)16/h3-6,9,14H,7-8H2,1-2H3,(H2,12,15,16). The summed E-state index contributed by atoms with van der Waals surface area (Å²) in [4.78, 5) is 2.07. The second kappa shape index (κ2) is 5.48. The Balaban J connectivity index is 3.00. The van der Waals surface area contributed by atoms with Crippen molar-refractivity contribution >= 4 is 15.7 Å². The number of hydrogen-bond acceptors (Lipinski definition) is 4. The van der Waals surface area contributed by atoms with Gasteiger partial charge in [-0.05, 0) is 38.1 Å². The van der Waals surface area contributed by atoms with Crippen molar-refractivity contribution in [2.75, 3.05) is 18.1 Å². The minimum Gasteiger partial charge on any atom is -0.395 e. The zero-order chi connectivity index (χ0) is 13.1. The lowest BCUT2D eigenvalue weighted by molar-refractivity contribution is 0.299. The number of sulfonamides is 1. The third kappa shape index (κ3) is 3.69. The highest BCUT2D eigenvalue weighted by Crippen LogP contribution is 2.19. The zero-order valence-corrected chi connectivity index (χ0v) is 10.8. The van der Waals surface area contributed by atoms with Crippen LogP contribution in [0.4, 0.5) is 5.69 Å². The Morgan fingerprint density at radius 3 is 2.18 bits per heavy atom. The zero-order valence-electron chi connectivity index (χ0n) is 10.00. The number of benzene rings is 1. The molecule has 0 atom stereocenters. The summed E-state index contributed by atoms with van der Waals surface area (Å²) in [6, 6.07) is 6.54. The first kappa shape index (κ1) is 14.0. The molecule has 0 aliphatic rings. The number of aliphatic hydroxyl groups is 1. The molecule has 0 heterocycles. The lowest BCUT2D eigenvalue weighted by Crippen LogP contribution is -2.33. The van der Waals surface area contributed by atoms with Gasteiger partial charge in [-0.2, -0.15) is 0 Å². The fourth-order valence-electron chi connectivity index (χ4n) is 1.62. The highest BCUT2D eigenvalue weighted by atomic mass is 32.2. The topological polar surface area (TPSA) is 83.6 Å². The monoisotopic (exact) mass is 258 g/mol. The first-order valence-electron chi connectivity index (χ1n) is 5.36. The van der Waals surface area contributed by atoms with E-state index in [1.54, 1.807) is 12.1 Å². The minimum atomic E-state index is -3.65. The second-order valence-corrected chi connectivity index (χ2v) is 5.61. The summed E-state index contributed by atoms with van der Waals surface area (Å²) in [7, 11) is -3.65. The van der Waals surface area contributed by atoms with E-state index in [-0.39, 0.29) is 17.5 Å². The summed E-state index contributed by atoms with van der Waals surface area (Å²) in [6.45, 7) is 4.56. The van der Waals surface area contributed by atoms with Crippen LogP contribution in [-0.4, -0.2) is 32.7 Å². The maximum absolute atomic E-state index is 11.1. The van der Waals surface area contributed by atoms with Gasteiger partial charge in [-0.1, -0.05) is 0 Å². The van der Waals surface area contributed by atoms with Gasteiger partial charge in [0.05, 0.1) is 11.5 Å². The van der Waals surface area contributed by atoms with Gasteiger partial charge in [0, 0.05) is 18.3 Å². The molecule has 1 rings (SSSR count). The van der Waals surface area contributed by atoms with Crippen LogP contribution in [0.1, 0.15) is 13.8 Å². The molecule has 0 aromatic heterocycles. The van der Waals surface area contributed by atoms with Gasteiger partial charge in [-0.15, -0.1) is 0 Å². The van der Waals surface area contributed by atoms with Gasteiger partial charge < -0.3 is 10.0 Å². The van der Waals surface area contributed by atoms with Crippen LogP contribution in [0.25, 0.3) is 0 Å². The molecule has 0 saturated carbocycles. The van der Waals surface area contributed by atoms with Gasteiger partial charge in [0.15, 0.2) is 0 Å². The molecule has 0 unspecified atom stereocenters. The van der Waals surface area contributed by atoms with Crippen molar-refractivity contribution in [3.8, 4) is 0 Å². The molecule has 17 heavy (non-hydrogen) atoms. The number of nitrogens with two attached hydrogens (primary N) is 1. The first-order valence-corrected chi connectivity index (χ1v) is 6.91. The van der Waals surface area contributed by atoms with E-state index in [9.17, 15) is 8.42 Å². The van der Waals surface area contributed by atoms with E-state index in [4.69, 9.17) is 10.2 Å². The predicted octanol–water partition coefficient (Wildman–Crippen LogP) is 0.541. The Labute approximate surface area is 102 Å². The Bertz CT molecular complexity index is 454. The highest BCUT2D eigenvalue weighted by Gasteiger charge is 2.12. The van der Waals surface area contributed by atoms with E-state index in [2.05, 4.69) is 0 Å². The number of aliphatic hydroxyl groups excluding tert-OH is 1. The summed E-state index contributed by atoms with van der Waals surface area (Å²) >= 11 is 0. The van der Waals surface area contributed by atoms with Crippen LogP contribution in [-0.2, 0) is 10.0 Å². The average molecular weight is 258 g/mol. The molecule has 0 amide bonds. The fourth-order valence-corrected chi connectivity index (χ4v) is 2.14. The van der Waals surface area contributed by atoms with Gasteiger partial charge in [0.25, 0.3) is 0 Å². The molecule has 1 aromatic rings. The van der Waals surface area contributed by atoms with E-state index in [1.807, 2.05) is 18.7 Å². The molecule has 96 valence electrons. The number of primary sulfonamides is 1. The van der Waals surface area contributed by atoms with Crippen molar-refractivity contribution in [3.63, 3.8) is 0 Å². The normalized spacial score (nSPS) is 11.8. The van der Waals surface area contributed by atoms with Crippen molar-refractivity contribution < 1.29 is 13.5 Å². The van der Waals surface area contributed by atoms with E-state index < -0.39 is 10.0 Å². The van der Waals surface area contributed by atoms with Crippen LogP contribution in [0.2, 0.25) is 0 Å². The second-order valence-electron chi connectivity index (χ2n) is 4.05. The molecule has 0 radical (unpaired) electrons. The third-order valence-electron chi connectivity index (χ3n) is 2.46. The highest BCUT2D eigenvalue weighted by molar-refractivity contribution is 7.89. The molecule has 0 spiro atoms. The largest absolute Gasteiger partial charge is 0.395 e. The number of hydrogen-bond donors (Lipinski definition) is 2. The lowest BCUT2D eigenvalue weighted by Gasteiger charge is -2.28. The molecule has 3 N–H and O–H groups in total. The lowest BCUT2D eigenvalue weighted by atomic mass is 10.2. The minimum absolute atomic E-state index is 0.0507. The third-order valence-corrected chi connectivity index (χ3v) is 3.39. The van der Waals surface area contributed by atoms with Gasteiger partial charge in [0.1, 0.15) is 0 Å². The van der Waals surface area contributed by atoms with E-state index in [1.165, 1.54) is 12.1 Å². The van der Waals surface area contributed by atoms with Gasteiger partial charge in [-0.3, -0.25) is 0 Å². The van der Waals surface area contributed by atoms with Gasteiger partial charge in [-0.25, -0.2) is 13.6 Å². The Hall–Kier alpha value is -1.11. The number of anilines is 1. The maximum Gasteiger partial charge on any atom is 0.238 e. The SMILES string of the molecule is CC(C)N(CCO)c1ccc(S(N)(=O)=O)cc1. The van der Waals surface area contributed by atoms with Gasteiger partial charge >= 0.3 is 0 Å². The average Bonchev–Trinajstić information content (AvgIpc) is 2.24. The molecular weight excluding hydrogens is 240 g/mol. The van der Waals surface area contributed by atoms with E-state index >= 15 is 0 Å². The Morgan fingerprint density at radius 2 is 1.82 bits per heavy atom. The number of nitrogens with zero attached hydrogens (tertiary/aromatic N) is 1. The molecule has 5 nitrogen and oxygen atoms in total. The maximum atomic E-state index is 11.1. The quantitative estimate of drug-likeness (QED) is 0.807. The first-order chi connectivity index (χ1) is 7.86. The fraction of sp³-hybridized carbons (Fsp3) is 0.455. The summed E-state index contributed by atoms with van der Waals surface area (Å²) in [5.74, 6) is 0. The summed E-state index contributed by atoms with van der Waals surface area (Å²) < 4.78 is 22.2. The Morgan fingerprint density at radius 1 is 1.29 bits per heavy atom. The van der Waals surface area contributed by atoms with Crippen LogP contribution in [0.15, 0.2) is 29.2 Å². The van der Waals surface area contributed by atoms with Crippen molar-refractivity contribution in [1.29, 1.82) is 0 Å². The van der Waals surface area contributed by atoms with Crippen molar-refractivity contribution in [1.82, 2.24) is 0 Å². The van der Waals surface area contributed by atoms with Crippen LogP contribution < -0.4 is 10.0 Å². The predicted molar refractivity (Wildman–Crippen MR) is 67.4 cm³/mol. The van der Waals surface area contributed by atoms with E-state index in [0.717, 1.165) is 5.69 Å². The van der Waals surface area contributed by atoms with Crippen LogP contribution in [0, 0.1) is 0 Å². The van der Waals surface area contributed by atoms with Crippen LogP contribution in [0.5, 0.6) is 0 Å². The molecule has 1 aromatic carbocycles. The van der Waals surface area contributed by atoms with Crippen molar-refractivity contribution in [3.05, 3.63) is 24.3 Å². The van der Waals surface area contributed by atoms with Crippen LogP contribution in [0.3, 0.4) is 0 Å². The van der Waals surface area contributed by atoms with Crippen molar-refractivity contribution in [2.24, 2.45) is 5.14 Å². The van der Waals surface area contributed by atoms with Crippen LogP contribution >= 0.6 is 0 Å².